The van der Waals surface area contributed by atoms with Gasteiger partial charge in [0.1, 0.15) is 11.5 Å². The Labute approximate surface area is 183 Å². The van der Waals surface area contributed by atoms with Gasteiger partial charge in [-0.25, -0.2) is 4.98 Å². The minimum Gasteiger partial charge on any atom is -0.475 e. The Morgan fingerprint density at radius 1 is 0.967 bits per heavy atom. The van der Waals surface area contributed by atoms with Gasteiger partial charge < -0.3 is 19.9 Å². The van der Waals surface area contributed by atoms with Crippen LogP contribution in [0.4, 0.5) is 0 Å². The van der Waals surface area contributed by atoms with Gasteiger partial charge in [0.25, 0.3) is 0 Å². The van der Waals surface area contributed by atoms with Crippen LogP contribution in [0, 0.1) is 5.92 Å². The highest BCUT2D eigenvalue weighted by molar-refractivity contribution is 5.75. The highest BCUT2D eigenvalue weighted by atomic mass is 16.5. The van der Waals surface area contributed by atoms with Gasteiger partial charge in [-0.1, -0.05) is 26.0 Å². The molecule has 1 aliphatic heterocycles. The molecule has 0 aliphatic carbocycles. The summed E-state index contributed by atoms with van der Waals surface area (Å²) in [6.07, 6.45) is 6.33. The molecule has 3 radical (unpaired) electrons. The van der Waals surface area contributed by atoms with E-state index < -0.39 is 0 Å². The average molecular weight is 411 g/mol. The lowest BCUT2D eigenvalue weighted by atomic mass is 9.98. The molecule has 0 bridgehead atoms. The van der Waals surface area contributed by atoms with E-state index in [1.807, 2.05) is 38.1 Å². The van der Waals surface area contributed by atoms with Crippen LogP contribution >= 0.6 is 0 Å². The third-order valence-electron chi connectivity index (χ3n) is 4.67. The van der Waals surface area contributed by atoms with Crippen molar-refractivity contribution in [3.63, 3.8) is 0 Å². The van der Waals surface area contributed by atoms with Gasteiger partial charge in [-0.2, -0.15) is 0 Å². The second-order valence-electron chi connectivity index (χ2n) is 8.01. The van der Waals surface area contributed by atoms with Crippen LogP contribution in [0.3, 0.4) is 0 Å². The van der Waals surface area contributed by atoms with Crippen molar-refractivity contribution in [2.24, 2.45) is 11.7 Å². The molecular weight excluding hydrogens is 375 g/mol. The molecule has 6 heteroatoms. The van der Waals surface area contributed by atoms with Gasteiger partial charge in [-0.05, 0) is 69.2 Å². The standard InChI is InChI=1S/C20H28N2O2.C4H8O.B/c1-14(2)19(21)11-7-16-5-8-17(9-6-16)24-18-10-12-20(22-13-18)23-15(3)4;1-2-4-5-3-1;/h5-6,8-10,12-15,19H,7,11,21H2,1-4H3;1-4H2;/t19-;;/m0../s1. The third-order valence-corrected chi connectivity index (χ3v) is 4.67. The molecule has 0 amide bonds. The summed E-state index contributed by atoms with van der Waals surface area (Å²) in [5.74, 6) is 2.61. The molecule has 163 valence electrons. The third kappa shape index (κ3) is 10.1. The zero-order valence-electron chi connectivity index (χ0n) is 18.8. The van der Waals surface area contributed by atoms with Crippen molar-refractivity contribution >= 4 is 8.41 Å². The number of hydrogen-bond acceptors (Lipinski definition) is 5. The Morgan fingerprint density at radius 2 is 1.60 bits per heavy atom. The quantitative estimate of drug-likeness (QED) is 0.620. The summed E-state index contributed by atoms with van der Waals surface area (Å²) in [7, 11) is 0. The minimum absolute atomic E-state index is 0. The first-order valence-corrected chi connectivity index (χ1v) is 10.7. The normalized spacial score (nSPS) is 14.0. The molecule has 1 fully saturated rings. The SMILES string of the molecule is C1CCOC1.CC(C)Oc1ccc(Oc2ccc(CC[C@H](N)C(C)C)cc2)cn1.[B]. The Balaban J connectivity index is 0.000000655. The molecule has 0 saturated carbocycles. The minimum atomic E-state index is 0. The summed E-state index contributed by atoms with van der Waals surface area (Å²) < 4.78 is 16.3. The fraction of sp³-hybridized carbons (Fsp3) is 0.542. The molecule has 2 aromatic rings. The molecule has 1 aromatic carbocycles. The van der Waals surface area contributed by atoms with E-state index in [2.05, 4.69) is 31.0 Å². The number of nitrogens with zero attached hydrogens (tertiary/aromatic N) is 1. The molecule has 1 aliphatic rings. The van der Waals surface area contributed by atoms with Crippen LogP contribution in [-0.4, -0.2) is 38.8 Å². The summed E-state index contributed by atoms with van der Waals surface area (Å²) in [6, 6.07) is 12.1. The maximum atomic E-state index is 6.10. The van der Waals surface area contributed by atoms with Crippen LogP contribution in [0.5, 0.6) is 17.4 Å². The summed E-state index contributed by atoms with van der Waals surface area (Å²) in [5, 5.41) is 0. The first-order chi connectivity index (χ1) is 13.9. The van der Waals surface area contributed by atoms with Crippen molar-refractivity contribution < 1.29 is 14.2 Å². The summed E-state index contributed by atoms with van der Waals surface area (Å²) in [5.41, 5.74) is 7.37. The number of hydrogen-bond donors (Lipinski definition) is 1. The van der Waals surface area contributed by atoms with Gasteiger partial charge in [-0.15, -0.1) is 0 Å². The van der Waals surface area contributed by atoms with E-state index in [0.717, 1.165) is 31.8 Å². The lowest BCUT2D eigenvalue weighted by molar-refractivity contribution is 0.198. The maximum absolute atomic E-state index is 6.10. The Hall–Kier alpha value is -2.05. The molecule has 2 N–H and O–H groups in total. The number of rotatable bonds is 8. The molecular formula is C24H36BN2O3. The first-order valence-electron chi connectivity index (χ1n) is 10.7. The van der Waals surface area contributed by atoms with Crippen molar-refractivity contribution in [1.29, 1.82) is 0 Å². The van der Waals surface area contributed by atoms with Gasteiger partial charge in [-0.3, -0.25) is 0 Å². The Morgan fingerprint density at radius 3 is 2.07 bits per heavy atom. The van der Waals surface area contributed by atoms with Crippen LogP contribution in [0.2, 0.25) is 0 Å². The second-order valence-corrected chi connectivity index (χ2v) is 8.01. The number of nitrogens with two attached hydrogens (primary N) is 1. The molecule has 5 nitrogen and oxygen atoms in total. The number of aromatic nitrogens is 1. The van der Waals surface area contributed by atoms with Crippen LogP contribution in [0.15, 0.2) is 42.6 Å². The predicted octanol–water partition coefficient (Wildman–Crippen LogP) is 4.99. The average Bonchev–Trinajstić information content (AvgIpc) is 3.28. The monoisotopic (exact) mass is 411 g/mol. The van der Waals surface area contributed by atoms with Gasteiger partial charge >= 0.3 is 0 Å². The van der Waals surface area contributed by atoms with E-state index in [-0.39, 0.29) is 20.6 Å². The van der Waals surface area contributed by atoms with Crippen LogP contribution in [-0.2, 0) is 11.2 Å². The van der Waals surface area contributed by atoms with Crippen molar-refractivity contribution in [3.05, 3.63) is 48.2 Å². The first kappa shape index (κ1) is 26.0. The van der Waals surface area contributed by atoms with Gasteiger partial charge in [0.15, 0.2) is 0 Å². The molecule has 1 atom stereocenters. The van der Waals surface area contributed by atoms with Crippen molar-refractivity contribution in [2.75, 3.05) is 13.2 Å². The molecule has 1 aromatic heterocycles. The molecule has 0 unspecified atom stereocenters. The van der Waals surface area contributed by atoms with Gasteiger partial charge in [0, 0.05) is 33.7 Å². The number of aryl methyl sites for hydroxylation is 1. The fourth-order valence-corrected chi connectivity index (χ4v) is 2.78. The van der Waals surface area contributed by atoms with Crippen LogP contribution in [0.1, 0.15) is 52.5 Å². The van der Waals surface area contributed by atoms with Crippen molar-refractivity contribution in [1.82, 2.24) is 4.98 Å². The lowest BCUT2D eigenvalue weighted by Crippen LogP contribution is -2.26. The number of pyridine rings is 1. The fourth-order valence-electron chi connectivity index (χ4n) is 2.78. The van der Waals surface area contributed by atoms with Gasteiger partial charge in [0.05, 0.1) is 12.3 Å². The molecule has 0 spiro atoms. The number of benzene rings is 1. The molecule has 3 rings (SSSR count). The summed E-state index contributed by atoms with van der Waals surface area (Å²) in [6.45, 7) is 10.3. The topological polar surface area (TPSA) is 66.6 Å². The Bertz CT molecular complexity index is 679. The largest absolute Gasteiger partial charge is 0.475 e. The van der Waals surface area contributed by atoms with Crippen LogP contribution < -0.4 is 15.2 Å². The van der Waals surface area contributed by atoms with Crippen molar-refractivity contribution in [3.8, 4) is 17.4 Å². The zero-order chi connectivity index (χ0) is 21.1. The zero-order valence-corrected chi connectivity index (χ0v) is 18.8. The van der Waals surface area contributed by atoms with Crippen LogP contribution in [0.25, 0.3) is 0 Å². The van der Waals surface area contributed by atoms with E-state index in [4.69, 9.17) is 19.9 Å². The predicted molar refractivity (Wildman–Crippen MR) is 123 cm³/mol. The maximum Gasteiger partial charge on any atom is 0.213 e. The lowest BCUT2D eigenvalue weighted by Gasteiger charge is -2.15. The van der Waals surface area contributed by atoms with E-state index in [1.165, 1.54) is 18.4 Å². The molecule has 1 saturated heterocycles. The highest BCUT2D eigenvalue weighted by Crippen LogP contribution is 2.23. The van der Waals surface area contributed by atoms with E-state index in [0.29, 0.717) is 17.5 Å². The van der Waals surface area contributed by atoms with E-state index >= 15 is 0 Å². The van der Waals surface area contributed by atoms with E-state index in [1.54, 1.807) is 6.20 Å². The summed E-state index contributed by atoms with van der Waals surface area (Å²) >= 11 is 0. The smallest absolute Gasteiger partial charge is 0.213 e. The number of ether oxygens (including phenoxy) is 3. The second kappa shape index (κ2) is 14.0. The van der Waals surface area contributed by atoms with Gasteiger partial charge in [0.2, 0.25) is 5.88 Å². The Kier molecular flexibility index (Phi) is 12.2. The highest BCUT2D eigenvalue weighted by Gasteiger charge is 2.08. The van der Waals surface area contributed by atoms with Crippen molar-refractivity contribution in [2.45, 2.75) is 65.5 Å². The van der Waals surface area contributed by atoms with E-state index in [9.17, 15) is 0 Å². The summed E-state index contributed by atoms with van der Waals surface area (Å²) in [4.78, 5) is 4.24. The molecule has 2 heterocycles. The molecule has 30 heavy (non-hydrogen) atoms.